The summed E-state index contributed by atoms with van der Waals surface area (Å²) in [6.07, 6.45) is 0. The first-order chi connectivity index (χ1) is 20.3. The fraction of sp³-hybridized carbons (Fsp3) is 0. The van der Waals surface area contributed by atoms with Crippen molar-refractivity contribution in [3.05, 3.63) is 140 Å². The molecule has 0 atom stereocenters. The Bertz CT molecular complexity index is 2140. The molecule has 6 aromatic carbocycles. The Balaban J connectivity index is 1.29. The minimum Gasteiger partial charge on any atom is -0.455 e. The van der Waals surface area contributed by atoms with Gasteiger partial charge >= 0.3 is 0 Å². The molecule has 4 heteroatoms. The lowest BCUT2D eigenvalue weighted by Crippen LogP contribution is -2.00. The van der Waals surface area contributed by atoms with Crippen LogP contribution in [0, 0.1) is 0 Å². The second-order valence-electron chi connectivity index (χ2n) is 10.1. The van der Waals surface area contributed by atoms with E-state index >= 15 is 0 Å². The van der Waals surface area contributed by atoms with Crippen LogP contribution >= 0.6 is 0 Å². The molecule has 4 nitrogen and oxygen atoms in total. The van der Waals surface area contributed by atoms with Crippen LogP contribution in [0.15, 0.2) is 144 Å². The molecule has 0 bridgehead atoms. The van der Waals surface area contributed by atoms with E-state index in [0.717, 1.165) is 49.8 Å². The molecule has 0 saturated heterocycles. The summed E-state index contributed by atoms with van der Waals surface area (Å²) in [4.78, 5) is 14.6. The molecule has 0 radical (unpaired) electrons. The minimum atomic E-state index is 0.606. The van der Waals surface area contributed by atoms with Crippen molar-refractivity contribution in [3.63, 3.8) is 0 Å². The first kappa shape index (κ1) is 23.3. The molecule has 0 aliphatic heterocycles. The van der Waals surface area contributed by atoms with Gasteiger partial charge in [0.1, 0.15) is 11.2 Å². The molecule has 0 N–H and O–H groups in total. The van der Waals surface area contributed by atoms with Crippen molar-refractivity contribution in [2.75, 3.05) is 0 Å². The summed E-state index contributed by atoms with van der Waals surface area (Å²) in [5.74, 6) is 1.88. The van der Waals surface area contributed by atoms with Crippen LogP contribution in [0.3, 0.4) is 0 Å². The standard InChI is InChI=1S/C37H23N3O/c1-3-11-25(12-4-1)35-38-36(26-13-5-2-6-14-26)40-37(39-35)29-20-21-31-32-17-9-16-30(34(32)41-33(31)23-29)28-19-18-24-10-7-8-15-27(24)22-28/h1-23H. The Kier molecular flexibility index (Phi) is 5.42. The molecule has 0 spiro atoms. The summed E-state index contributed by atoms with van der Waals surface area (Å²) in [5, 5.41) is 4.58. The van der Waals surface area contributed by atoms with E-state index in [-0.39, 0.29) is 0 Å². The third kappa shape index (κ3) is 4.14. The fourth-order valence-corrected chi connectivity index (χ4v) is 5.46. The number of nitrogens with zero attached hydrogens (tertiary/aromatic N) is 3. The van der Waals surface area contributed by atoms with Gasteiger partial charge in [0.05, 0.1) is 0 Å². The van der Waals surface area contributed by atoms with Crippen molar-refractivity contribution in [1.82, 2.24) is 15.0 Å². The maximum Gasteiger partial charge on any atom is 0.164 e. The summed E-state index contributed by atoms with van der Waals surface area (Å²) in [5.41, 5.74) is 6.64. The van der Waals surface area contributed by atoms with Crippen LogP contribution in [0.5, 0.6) is 0 Å². The van der Waals surface area contributed by atoms with Gasteiger partial charge in [-0.1, -0.05) is 121 Å². The van der Waals surface area contributed by atoms with E-state index < -0.39 is 0 Å². The van der Waals surface area contributed by atoms with E-state index in [1.165, 1.54) is 10.8 Å². The Morgan fingerprint density at radius 1 is 0.390 bits per heavy atom. The first-order valence-corrected chi connectivity index (χ1v) is 13.6. The molecular formula is C37H23N3O. The Hall–Kier alpha value is -5.61. The van der Waals surface area contributed by atoms with Gasteiger partial charge in [-0.2, -0.15) is 0 Å². The van der Waals surface area contributed by atoms with Crippen LogP contribution in [-0.4, -0.2) is 15.0 Å². The van der Waals surface area contributed by atoms with Crippen molar-refractivity contribution in [3.8, 4) is 45.3 Å². The van der Waals surface area contributed by atoms with E-state index in [4.69, 9.17) is 19.4 Å². The smallest absolute Gasteiger partial charge is 0.164 e. The number of aromatic nitrogens is 3. The monoisotopic (exact) mass is 525 g/mol. The van der Waals surface area contributed by atoms with Gasteiger partial charge in [0, 0.05) is 33.0 Å². The number of hydrogen-bond acceptors (Lipinski definition) is 4. The summed E-state index contributed by atoms with van der Waals surface area (Å²) < 4.78 is 6.57. The van der Waals surface area contributed by atoms with Gasteiger partial charge in [-0.3, -0.25) is 0 Å². The van der Waals surface area contributed by atoms with Crippen molar-refractivity contribution in [2.24, 2.45) is 0 Å². The van der Waals surface area contributed by atoms with Crippen molar-refractivity contribution < 1.29 is 4.42 Å². The van der Waals surface area contributed by atoms with E-state index in [9.17, 15) is 0 Å². The molecule has 0 amide bonds. The number of para-hydroxylation sites is 1. The normalized spacial score (nSPS) is 11.4. The highest BCUT2D eigenvalue weighted by Gasteiger charge is 2.16. The highest BCUT2D eigenvalue weighted by atomic mass is 16.3. The molecule has 0 saturated carbocycles. The van der Waals surface area contributed by atoms with Crippen molar-refractivity contribution >= 4 is 32.7 Å². The second-order valence-corrected chi connectivity index (χ2v) is 10.1. The number of benzene rings is 6. The summed E-state index contributed by atoms with van der Waals surface area (Å²) >= 11 is 0. The molecule has 192 valence electrons. The van der Waals surface area contributed by atoms with E-state index in [0.29, 0.717) is 17.5 Å². The fourth-order valence-electron chi connectivity index (χ4n) is 5.46. The van der Waals surface area contributed by atoms with Crippen molar-refractivity contribution in [2.45, 2.75) is 0 Å². The van der Waals surface area contributed by atoms with Crippen molar-refractivity contribution in [1.29, 1.82) is 0 Å². The maximum absolute atomic E-state index is 6.57. The third-order valence-corrected chi connectivity index (χ3v) is 7.52. The first-order valence-electron chi connectivity index (χ1n) is 13.6. The van der Waals surface area contributed by atoms with Gasteiger partial charge in [-0.15, -0.1) is 0 Å². The van der Waals surface area contributed by atoms with E-state index in [1.807, 2.05) is 66.7 Å². The average Bonchev–Trinajstić information content (AvgIpc) is 3.43. The largest absolute Gasteiger partial charge is 0.455 e. The Morgan fingerprint density at radius 2 is 1.00 bits per heavy atom. The zero-order chi connectivity index (χ0) is 27.2. The highest BCUT2D eigenvalue weighted by Crippen LogP contribution is 2.38. The number of furan rings is 1. The predicted octanol–water partition coefficient (Wildman–Crippen LogP) is 9.59. The number of rotatable bonds is 4. The van der Waals surface area contributed by atoms with Gasteiger partial charge in [0.25, 0.3) is 0 Å². The van der Waals surface area contributed by atoms with Gasteiger partial charge in [0.15, 0.2) is 17.5 Å². The Labute approximate surface area is 236 Å². The quantitative estimate of drug-likeness (QED) is 0.230. The minimum absolute atomic E-state index is 0.606. The second kappa shape index (κ2) is 9.54. The van der Waals surface area contributed by atoms with Gasteiger partial charge in [0.2, 0.25) is 0 Å². The lowest BCUT2D eigenvalue weighted by molar-refractivity contribution is 0.670. The van der Waals surface area contributed by atoms with Crippen LogP contribution in [0.4, 0.5) is 0 Å². The van der Waals surface area contributed by atoms with Crippen LogP contribution in [0.25, 0.3) is 78.0 Å². The number of hydrogen-bond donors (Lipinski definition) is 0. The summed E-state index contributed by atoms with van der Waals surface area (Å²) in [6.45, 7) is 0. The third-order valence-electron chi connectivity index (χ3n) is 7.52. The summed E-state index contributed by atoms with van der Waals surface area (Å²) in [6, 6.07) is 47.6. The van der Waals surface area contributed by atoms with Crippen LogP contribution in [0.2, 0.25) is 0 Å². The average molecular weight is 526 g/mol. The molecular weight excluding hydrogens is 502 g/mol. The molecule has 0 fully saturated rings. The lowest BCUT2D eigenvalue weighted by Gasteiger charge is -2.08. The van der Waals surface area contributed by atoms with E-state index in [1.54, 1.807) is 0 Å². The SMILES string of the molecule is c1ccc(-c2nc(-c3ccccc3)nc(-c3ccc4c(c3)oc3c(-c5ccc6ccccc6c5)cccc34)n2)cc1. The zero-order valence-electron chi connectivity index (χ0n) is 22.0. The lowest BCUT2D eigenvalue weighted by atomic mass is 9.99. The predicted molar refractivity (Wildman–Crippen MR) is 166 cm³/mol. The summed E-state index contributed by atoms with van der Waals surface area (Å²) in [7, 11) is 0. The molecule has 8 rings (SSSR count). The van der Waals surface area contributed by atoms with Crippen LogP contribution in [0.1, 0.15) is 0 Å². The zero-order valence-corrected chi connectivity index (χ0v) is 22.0. The van der Waals surface area contributed by atoms with Gasteiger partial charge in [-0.25, -0.2) is 15.0 Å². The molecule has 8 aromatic rings. The topological polar surface area (TPSA) is 51.8 Å². The molecule has 0 unspecified atom stereocenters. The number of fused-ring (bicyclic) bond motifs is 4. The van der Waals surface area contributed by atoms with Crippen LogP contribution in [-0.2, 0) is 0 Å². The van der Waals surface area contributed by atoms with Gasteiger partial charge in [-0.05, 0) is 34.5 Å². The molecule has 0 aliphatic carbocycles. The molecule has 0 aliphatic rings. The van der Waals surface area contributed by atoms with Gasteiger partial charge < -0.3 is 4.42 Å². The van der Waals surface area contributed by atoms with E-state index in [2.05, 4.69) is 72.8 Å². The van der Waals surface area contributed by atoms with Crippen LogP contribution < -0.4 is 0 Å². The maximum atomic E-state index is 6.57. The molecule has 2 aromatic heterocycles. The Morgan fingerprint density at radius 3 is 1.71 bits per heavy atom. The highest BCUT2D eigenvalue weighted by molar-refractivity contribution is 6.10. The molecule has 2 heterocycles. The molecule has 41 heavy (non-hydrogen) atoms.